The van der Waals surface area contributed by atoms with Crippen LogP contribution in [0.3, 0.4) is 0 Å². The number of aliphatic imine (C=N–C) groups is 1. The van der Waals surface area contributed by atoms with Gasteiger partial charge in [-0.05, 0) is 126 Å². The third-order valence-electron chi connectivity index (χ3n) is 16.1. The molecule has 21 N–H and O–H groups in total. The molecule has 15 atom stereocenters. The number of aliphatic carboxylic acids is 2. The van der Waals surface area contributed by atoms with Crippen molar-refractivity contribution in [1.29, 1.82) is 0 Å². The Morgan fingerprint density at radius 1 is 0.510 bits per heavy atom. The SMILES string of the molecule is CSCC[C@H](NC(=O)[C@@H]1CCCN1C(=O)[C@H](CC(C)C)NC(=O)[C@@H](NC(=O)[C@H](CCC(=O)O)NC(=O)[C@@H](NC(=O)[C@@H](NC(=O)[C@H](CCCN=C(N)N)NC(=O)[C@H](CC(C)C)NC(=O)[C@@H](N)CC(C)C)[C@@H](C)O)[C@@H](C)O)[C@@H](C)O)C(=O)N[C@@H](Cc1ccccc1)C(=O)N[C@@H](CC(C)C)C(=O)O. The maximum atomic E-state index is 14.7. The Morgan fingerprint density at radius 2 is 0.920 bits per heavy atom. The predicted octanol–water partition coefficient (Wildman–Crippen LogP) is -2.52. The number of hydrogen-bond acceptors (Lipinski definition) is 19. The lowest BCUT2D eigenvalue weighted by Crippen LogP contribution is -2.64. The first-order chi connectivity index (χ1) is 46.8. The van der Waals surface area contributed by atoms with Gasteiger partial charge in [0, 0.05) is 25.9 Å². The number of aliphatic hydroxyl groups is 3. The van der Waals surface area contributed by atoms with Crippen molar-refractivity contribution in [2.45, 2.75) is 244 Å². The standard InChI is InChI=1S/C66H111N15O18S/c1-33(2)28-41(67)54(87)74-45(29-34(3)4)58(91)71-42(20-16-25-70-66(68)69)56(89)79-53(39(11)84)63(96)80-52(38(10)83)61(94)73-43(22-23-50(85)86)57(90)78-51(37(9)82)62(95)76-47(30-35(5)6)64(97)81-26-17-21-49(81)60(93)72-44(24-27-100-12)55(88)75-46(32-40-18-14-13-15-19-40)59(92)77-48(65(98)99)31-36(7)8/h13-15,18-19,33-39,41-49,51-53,82-84H,16-17,20-32,67H2,1-12H3,(H,71,91)(H,72,93)(H,73,94)(H,74,87)(H,75,88)(H,76,95)(H,77,92)(H,78,90)(H,79,89)(H,80,96)(H,85,86)(H,98,99)(H4,68,69,70)/t37-,38-,39-,41+,42+,43+,44+,45+,46+,47+,48+,49+,51+,52+,53+/m1/s1. The molecule has 0 aliphatic carbocycles. The van der Waals surface area contributed by atoms with E-state index in [0.29, 0.717) is 24.2 Å². The number of carboxylic acids is 2. The van der Waals surface area contributed by atoms with Gasteiger partial charge >= 0.3 is 11.9 Å². The first-order valence-electron chi connectivity index (χ1n) is 33.9. The van der Waals surface area contributed by atoms with E-state index in [0.717, 1.165) is 20.8 Å². The fourth-order valence-electron chi connectivity index (χ4n) is 10.9. The molecule has 1 aromatic carbocycles. The Balaban J connectivity index is 2.44. The summed E-state index contributed by atoms with van der Waals surface area (Å²) in [5.41, 5.74) is 17.7. The fourth-order valence-corrected chi connectivity index (χ4v) is 11.4. The van der Waals surface area contributed by atoms with Crippen molar-refractivity contribution in [3.05, 3.63) is 35.9 Å². The van der Waals surface area contributed by atoms with Gasteiger partial charge in [-0.1, -0.05) is 85.7 Å². The van der Waals surface area contributed by atoms with Crippen LogP contribution in [0.4, 0.5) is 0 Å². The molecular weight excluding hydrogens is 1320 g/mol. The lowest BCUT2D eigenvalue weighted by Gasteiger charge is -2.32. The summed E-state index contributed by atoms with van der Waals surface area (Å²) in [7, 11) is 0. The van der Waals surface area contributed by atoms with Crippen molar-refractivity contribution in [2.24, 2.45) is 45.9 Å². The number of likely N-dealkylation sites (tertiary alicyclic amines) is 1. The molecule has 0 saturated carbocycles. The second-order valence-electron chi connectivity index (χ2n) is 27.1. The Hall–Kier alpha value is -8.21. The van der Waals surface area contributed by atoms with E-state index < -0.39 is 181 Å². The molecule has 34 heteroatoms. The van der Waals surface area contributed by atoms with Crippen LogP contribution in [0.2, 0.25) is 0 Å². The van der Waals surface area contributed by atoms with E-state index in [-0.39, 0.29) is 94.1 Å². The number of thioether (sulfide) groups is 1. The summed E-state index contributed by atoms with van der Waals surface area (Å²) in [6, 6.07) is -9.03. The summed E-state index contributed by atoms with van der Waals surface area (Å²) >= 11 is 1.37. The van der Waals surface area contributed by atoms with E-state index in [4.69, 9.17) is 17.2 Å². The van der Waals surface area contributed by atoms with E-state index in [1.54, 1.807) is 78.1 Å². The molecule has 1 heterocycles. The van der Waals surface area contributed by atoms with E-state index in [1.807, 2.05) is 13.8 Å². The van der Waals surface area contributed by atoms with E-state index >= 15 is 0 Å². The van der Waals surface area contributed by atoms with Crippen molar-refractivity contribution in [2.75, 3.05) is 25.1 Å². The molecule has 0 unspecified atom stereocenters. The minimum Gasteiger partial charge on any atom is -0.481 e. The quantitative estimate of drug-likeness (QED) is 0.0182. The van der Waals surface area contributed by atoms with Crippen molar-refractivity contribution in [1.82, 2.24) is 58.1 Å². The summed E-state index contributed by atoms with van der Waals surface area (Å²) in [5.74, 6) is -13.5. The molecule has 1 fully saturated rings. The fraction of sp³-hybridized carbons (Fsp3) is 0.697. The molecule has 100 heavy (non-hydrogen) atoms. The van der Waals surface area contributed by atoms with Crippen LogP contribution in [0.25, 0.3) is 0 Å². The van der Waals surface area contributed by atoms with Gasteiger partial charge in [-0.2, -0.15) is 11.8 Å². The Kier molecular flexibility index (Phi) is 38.8. The van der Waals surface area contributed by atoms with Crippen LogP contribution in [0.15, 0.2) is 35.3 Å². The molecule has 564 valence electrons. The molecule has 11 amide bonds. The predicted molar refractivity (Wildman–Crippen MR) is 372 cm³/mol. The summed E-state index contributed by atoms with van der Waals surface area (Å²) in [5, 5.41) is 77.4. The largest absolute Gasteiger partial charge is 0.481 e. The average molecular weight is 1430 g/mol. The molecule has 0 spiro atoms. The second-order valence-corrected chi connectivity index (χ2v) is 28.1. The smallest absolute Gasteiger partial charge is 0.326 e. The molecule has 1 aliphatic rings. The van der Waals surface area contributed by atoms with Crippen molar-refractivity contribution >= 4 is 94.6 Å². The van der Waals surface area contributed by atoms with Gasteiger partial charge in [-0.25, -0.2) is 4.79 Å². The first-order valence-corrected chi connectivity index (χ1v) is 35.3. The minimum absolute atomic E-state index is 0.0125. The van der Waals surface area contributed by atoms with Crippen LogP contribution in [0.1, 0.15) is 152 Å². The van der Waals surface area contributed by atoms with Crippen LogP contribution in [-0.4, -0.2) is 229 Å². The third-order valence-corrected chi connectivity index (χ3v) is 16.7. The molecular formula is C66H111N15O18S. The lowest BCUT2D eigenvalue weighted by molar-refractivity contribution is -0.143. The van der Waals surface area contributed by atoms with Gasteiger partial charge in [0.25, 0.3) is 0 Å². The number of rotatable bonds is 45. The van der Waals surface area contributed by atoms with Crippen LogP contribution in [0.5, 0.6) is 0 Å². The van der Waals surface area contributed by atoms with Gasteiger partial charge in [0.05, 0.1) is 24.4 Å². The zero-order valence-corrected chi connectivity index (χ0v) is 60.4. The van der Waals surface area contributed by atoms with Crippen molar-refractivity contribution in [3.8, 4) is 0 Å². The van der Waals surface area contributed by atoms with Crippen LogP contribution >= 0.6 is 11.8 Å². The lowest BCUT2D eigenvalue weighted by atomic mass is 10.00. The summed E-state index contributed by atoms with van der Waals surface area (Å²) in [6.45, 7) is 17.7. The minimum atomic E-state index is -2.01. The summed E-state index contributed by atoms with van der Waals surface area (Å²) < 4.78 is 0. The summed E-state index contributed by atoms with van der Waals surface area (Å²) in [4.78, 5) is 184. The van der Waals surface area contributed by atoms with Crippen LogP contribution < -0.4 is 70.4 Å². The molecule has 1 aromatic rings. The van der Waals surface area contributed by atoms with Crippen LogP contribution in [-0.2, 0) is 68.7 Å². The van der Waals surface area contributed by atoms with Gasteiger partial charge in [0.1, 0.15) is 66.5 Å². The highest BCUT2D eigenvalue weighted by Crippen LogP contribution is 2.22. The Bertz CT molecular complexity index is 2920. The Labute approximate surface area is 589 Å². The monoisotopic (exact) mass is 1430 g/mol. The number of hydrogen-bond donors (Lipinski definition) is 18. The molecule has 2 rings (SSSR count). The van der Waals surface area contributed by atoms with E-state index in [2.05, 4.69) is 58.2 Å². The highest BCUT2D eigenvalue weighted by molar-refractivity contribution is 7.98. The average Bonchev–Trinajstić information content (AvgIpc) is 1.82. The molecule has 1 aliphatic heterocycles. The van der Waals surface area contributed by atoms with E-state index in [9.17, 15) is 87.9 Å². The number of nitrogens with two attached hydrogens (primary N) is 3. The molecule has 0 bridgehead atoms. The molecule has 33 nitrogen and oxygen atoms in total. The molecule has 0 radical (unpaired) electrons. The van der Waals surface area contributed by atoms with Gasteiger partial charge < -0.3 is 101 Å². The van der Waals surface area contributed by atoms with Gasteiger partial charge in [-0.3, -0.25) is 62.5 Å². The maximum absolute atomic E-state index is 14.7. The maximum Gasteiger partial charge on any atom is 0.326 e. The van der Waals surface area contributed by atoms with Gasteiger partial charge in [0.2, 0.25) is 65.0 Å². The number of carbonyl (C=O) groups is 13. The van der Waals surface area contributed by atoms with Crippen molar-refractivity contribution < 1.29 is 87.9 Å². The summed E-state index contributed by atoms with van der Waals surface area (Å²) in [6.07, 6.45) is -4.09. The number of nitrogens with zero attached hydrogens (tertiary/aromatic N) is 2. The number of amides is 11. The van der Waals surface area contributed by atoms with Crippen LogP contribution in [0, 0.1) is 23.7 Å². The molecule has 1 saturated heterocycles. The van der Waals surface area contributed by atoms with Gasteiger partial charge in [-0.15, -0.1) is 0 Å². The zero-order valence-electron chi connectivity index (χ0n) is 59.5. The zero-order chi connectivity index (χ0) is 75.8. The number of carboxylic acid groups (broad SMARTS) is 2. The number of benzene rings is 1. The number of nitrogens with one attached hydrogen (secondary N) is 10. The van der Waals surface area contributed by atoms with E-state index in [1.165, 1.54) is 16.7 Å². The number of guanidine groups is 1. The topological polar surface area (TPSA) is 537 Å². The van der Waals surface area contributed by atoms with Gasteiger partial charge in [0.15, 0.2) is 5.96 Å². The first kappa shape index (κ1) is 87.9. The third kappa shape index (κ3) is 31.5. The normalized spacial score (nSPS) is 17.2. The number of carbonyl (C=O) groups excluding carboxylic acids is 11. The second kappa shape index (κ2) is 44.1. The molecule has 0 aromatic heterocycles. The highest BCUT2D eigenvalue weighted by atomic mass is 32.2. The highest BCUT2D eigenvalue weighted by Gasteiger charge is 2.42. The Morgan fingerprint density at radius 3 is 1.41 bits per heavy atom. The van der Waals surface area contributed by atoms with Crippen molar-refractivity contribution in [3.63, 3.8) is 0 Å². The number of aliphatic hydroxyl groups excluding tert-OH is 3.